The fraction of sp³-hybridized carbons (Fsp3) is 0.643. The molecule has 2 heterocycles. The highest BCUT2D eigenvalue weighted by Gasteiger charge is 2.29. The van der Waals surface area contributed by atoms with Crippen LogP contribution in [-0.4, -0.2) is 48.4 Å². The first-order valence-corrected chi connectivity index (χ1v) is 9.39. The van der Waals surface area contributed by atoms with Crippen molar-refractivity contribution in [1.29, 1.82) is 0 Å². The molecule has 1 atom stereocenters. The van der Waals surface area contributed by atoms with Crippen molar-refractivity contribution in [3.05, 3.63) is 18.1 Å². The van der Waals surface area contributed by atoms with Gasteiger partial charge >= 0.3 is 0 Å². The van der Waals surface area contributed by atoms with Gasteiger partial charge in [-0.05, 0) is 12.8 Å². The van der Waals surface area contributed by atoms with Gasteiger partial charge in [-0.1, -0.05) is 19.8 Å². The van der Waals surface area contributed by atoms with Crippen molar-refractivity contribution >= 4 is 21.6 Å². The van der Waals surface area contributed by atoms with Crippen LogP contribution in [0.3, 0.4) is 0 Å². The maximum Gasteiger partial charge on any atom is 0.271 e. The van der Waals surface area contributed by atoms with E-state index in [0.29, 0.717) is 12.2 Å². The number of sulfone groups is 1. The zero-order valence-electron chi connectivity index (χ0n) is 12.7. The van der Waals surface area contributed by atoms with E-state index in [1.807, 2.05) is 0 Å². The highest BCUT2D eigenvalue weighted by molar-refractivity contribution is 7.91. The fourth-order valence-electron chi connectivity index (χ4n) is 2.30. The van der Waals surface area contributed by atoms with Crippen molar-refractivity contribution in [2.75, 3.05) is 23.4 Å². The van der Waals surface area contributed by atoms with Gasteiger partial charge in [-0.2, -0.15) is 0 Å². The lowest BCUT2D eigenvalue weighted by atomic mass is 10.2. The topological polar surface area (TPSA) is 101 Å². The summed E-state index contributed by atoms with van der Waals surface area (Å²) >= 11 is 0. The molecule has 1 aromatic rings. The van der Waals surface area contributed by atoms with Crippen molar-refractivity contribution in [3.8, 4) is 0 Å². The van der Waals surface area contributed by atoms with E-state index >= 15 is 0 Å². The summed E-state index contributed by atoms with van der Waals surface area (Å²) in [5, 5.41) is 5.83. The lowest BCUT2D eigenvalue weighted by molar-refractivity contribution is 0.0935. The number of aromatic nitrogens is 2. The fourth-order valence-corrected chi connectivity index (χ4v) is 3.97. The minimum Gasteiger partial charge on any atom is -0.369 e. The van der Waals surface area contributed by atoms with E-state index in [-0.39, 0.29) is 29.1 Å². The molecule has 0 aromatic carbocycles. The Morgan fingerprint density at radius 3 is 2.73 bits per heavy atom. The van der Waals surface area contributed by atoms with Crippen LogP contribution in [-0.2, 0) is 9.84 Å². The van der Waals surface area contributed by atoms with Gasteiger partial charge in [0.15, 0.2) is 9.84 Å². The second kappa shape index (κ2) is 7.53. The lowest BCUT2D eigenvalue weighted by Gasteiger charge is -2.10. The van der Waals surface area contributed by atoms with Gasteiger partial charge in [-0.15, -0.1) is 0 Å². The zero-order chi connectivity index (χ0) is 16.0. The van der Waals surface area contributed by atoms with Gasteiger partial charge in [0.1, 0.15) is 11.5 Å². The molecule has 1 amide bonds. The van der Waals surface area contributed by atoms with Crippen molar-refractivity contribution in [2.24, 2.45) is 0 Å². The Morgan fingerprint density at radius 2 is 2.14 bits per heavy atom. The van der Waals surface area contributed by atoms with Crippen molar-refractivity contribution in [1.82, 2.24) is 15.3 Å². The van der Waals surface area contributed by atoms with E-state index in [1.165, 1.54) is 12.4 Å². The number of carbonyl (C=O) groups is 1. The molecule has 2 N–H and O–H groups in total. The lowest BCUT2D eigenvalue weighted by Crippen LogP contribution is -2.36. The van der Waals surface area contributed by atoms with Gasteiger partial charge in [0.25, 0.3) is 5.91 Å². The van der Waals surface area contributed by atoms with Crippen LogP contribution < -0.4 is 10.6 Å². The minimum absolute atomic E-state index is 0.00321. The summed E-state index contributed by atoms with van der Waals surface area (Å²) < 4.78 is 22.7. The van der Waals surface area contributed by atoms with Crippen LogP contribution >= 0.6 is 0 Å². The number of rotatable bonds is 7. The third-order valence-corrected chi connectivity index (χ3v) is 5.31. The molecule has 1 fully saturated rings. The number of amides is 1. The highest BCUT2D eigenvalue weighted by atomic mass is 32.2. The molecule has 2 rings (SSSR count). The molecule has 22 heavy (non-hydrogen) atoms. The van der Waals surface area contributed by atoms with E-state index in [0.717, 1.165) is 25.8 Å². The molecule has 0 radical (unpaired) electrons. The first kappa shape index (κ1) is 16.7. The summed E-state index contributed by atoms with van der Waals surface area (Å²) in [6.45, 7) is 2.97. The molecule has 0 aliphatic carbocycles. The Labute approximate surface area is 130 Å². The Kier molecular flexibility index (Phi) is 5.70. The minimum atomic E-state index is -3.01. The summed E-state index contributed by atoms with van der Waals surface area (Å²) in [6.07, 6.45) is 6.76. The summed E-state index contributed by atoms with van der Waals surface area (Å²) in [7, 11) is -3.01. The van der Waals surface area contributed by atoms with Crippen LogP contribution in [0.15, 0.2) is 12.4 Å². The maximum absolute atomic E-state index is 12.0. The van der Waals surface area contributed by atoms with E-state index in [9.17, 15) is 13.2 Å². The molecule has 1 unspecified atom stereocenters. The van der Waals surface area contributed by atoms with Crippen molar-refractivity contribution in [3.63, 3.8) is 0 Å². The smallest absolute Gasteiger partial charge is 0.271 e. The average Bonchev–Trinajstić information content (AvgIpc) is 2.83. The number of hydrogen-bond acceptors (Lipinski definition) is 6. The van der Waals surface area contributed by atoms with Crippen molar-refractivity contribution < 1.29 is 13.2 Å². The quantitative estimate of drug-likeness (QED) is 0.725. The summed E-state index contributed by atoms with van der Waals surface area (Å²) in [5.41, 5.74) is 0.198. The molecule has 7 nitrogen and oxygen atoms in total. The third-order valence-electron chi connectivity index (χ3n) is 3.54. The van der Waals surface area contributed by atoms with Gasteiger partial charge in [0.05, 0.1) is 23.9 Å². The van der Waals surface area contributed by atoms with Crippen LogP contribution in [0.2, 0.25) is 0 Å². The van der Waals surface area contributed by atoms with Gasteiger partial charge < -0.3 is 10.6 Å². The maximum atomic E-state index is 12.0. The van der Waals surface area contributed by atoms with Gasteiger partial charge in [0.2, 0.25) is 0 Å². The Hall–Kier alpha value is -1.70. The number of unbranched alkanes of at least 4 members (excludes halogenated alkanes) is 2. The Balaban J connectivity index is 1.83. The molecule has 8 heteroatoms. The molecule has 0 bridgehead atoms. The van der Waals surface area contributed by atoms with Crippen LogP contribution in [0.25, 0.3) is 0 Å². The average molecular weight is 326 g/mol. The Morgan fingerprint density at radius 1 is 1.32 bits per heavy atom. The first-order chi connectivity index (χ1) is 10.5. The number of anilines is 1. The second-order valence-electron chi connectivity index (χ2n) is 5.49. The van der Waals surface area contributed by atoms with Gasteiger partial charge in [-0.25, -0.2) is 18.4 Å². The van der Waals surface area contributed by atoms with E-state index in [1.54, 1.807) is 0 Å². The molecule has 1 aliphatic rings. The molecule has 1 aliphatic heterocycles. The van der Waals surface area contributed by atoms with Crippen LogP contribution in [0.4, 0.5) is 5.82 Å². The summed E-state index contributed by atoms with van der Waals surface area (Å²) in [6, 6.07) is -0.328. The van der Waals surface area contributed by atoms with Gasteiger partial charge in [0, 0.05) is 12.6 Å². The second-order valence-corrected chi connectivity index (χ2v) is 7.72. The zero-order valence-corrected chi connectivity index (χ0v) is 13.5. The van der Waals surface area contributed by atoms with E-state index in [2.05, 4.69) is 27.5 Å². The number of nitrogens with zero attached hydrogens (tertiary/aromatic N) is 2. The summed E-state index contributed by atoms with van der Waals surface area (Å²) in [5.74, 6) is 0.385. The molecule has 122 valence electrons. The van der Waals surface area contributed by atoms with Gasteiger partial charge in [-0.3, -0.25) is 4.79 Å². The molecular formula is C14H22N4O3S. The normalized spacial score (nSPS) is 19.8. The molecule has 1 saturated heterocycles. The Bertz CT molecular complexity index is 601. The monoisotopic (exact) mass is 326 g/mol. The SMILES string of the molecule is CCCCCNc1cnc(C(=O)NC2CCS(=O)(=O)C2)cn1. The predicted molar refractivity (Wildman–Crippen MR) is 84.6 cm³/mol. The number of nitrogens with one attached hydrogen (secondary N) is 2. The highest BCUT2D eigenvalue weighted by Crippen LogP contribution is 2.12. The molecular weight excluding hydrogens is 304 g/mol. The van der Waals surface area contributed by atoms with E-state index < -0.39 is 9.84 Å². The number of carbonyl (C=O) groups excluding carboxylic acids is 1. The summed E-state index contributed by atoms with van der Waals surface area (Å²) in [4.78, 5) is 20.2. The van der Waals surface area contributed by atoms with Crippen LogP contribution in [0.5, 0.6) is 0 Å². The van der Waals surface area contributed by atoms with Crippen LogP contribution in [0, 0.1) is 0 Å². The van der Waals surface area contributed by atoms with Crippen molar-refractivity contribution in [2.45, 2.75) is 38.6 Å². The predicted octanol–water partition coefficient (Wildman–Crippen LogP) is 0.996. The standard InChI is InChI=1S/C14H22N4O3S/c1-2-3-4-6-15-13-9-16-12(8-17-13)14(19)18-11-5-7-22(20,21)10-11/h8-9,11H,2-7,10H2,1H3,(H,15,17)(H,18,19). The van der Waals surface area contributed by atoms with E-state index in [4.69, 9.17) is 0 Å². The largest absolute Gasteiger partial charge is 0.369 e. The van der Waals surface area contributed by atoms with Crippen LogP contribution in [0.1, 0.15) is 43.1 Å². The molecule has 0 saturated carbocycles. The first-order valence-electron chi connectivity index (χ1n) is 7.57. The molecule has 0 spiro atoms. The number of hydrogen-bond donors (Lipinski definition) is 2. The third kappa shape index (κ3) is 4.94. The molecule has 1 aromatic heterocycles.